The molecule has 5 heteroatoms. The monoisotopic (exact) mass is 279 g/mol. The molecular formula is C15H21NO4. The van der Waals surface area contributed by atoms with Gasteiger partial charge >= 0.3 is 0 Å². The van der Waals surface area contributed by atoms with Crippen molar-refractivity contribution < 1.29 is 18.9 Å². The Morgan fingerprint density at radius 3 is 2.65 bits per heavy atom. The van der Waals surface area contributed by atoms with Gasteiger partial charge in [-0.3, -0.25) is 4.99 Å². The molecule has 1 aromatic rings. The molecule has 1 aliphatic heterocycles. The van der Waals surface area contributed by atoms with Crippen LogP contribution in [0, 0.1) is 0 Å². The molecule has 0 saturated carbocycles. The van der Waals surface area contributed by atoms with Crippen molar-refractivity contribution in [1.82, 2.24) is 0 Å². The Balaban J connectivity index is 2.03. The standard InChI is InChI=1S/C15H21NO4/c1-5-17-14-8-11(6-7-13(14)16-4)20-12-9-18-15(2,3)19-10-12/h6-8,12H,4-5,9-10H2,1-3H3. The van der Waals surface area contributed by atoms with E-state index in [0.29, 0.717) is 37.0 Å². The minimum Gasteiger partial charge on any atom is -0.491 e. The summed E-state index contributed by atoms with van der Waals surface area (Å²) in [5.74, 6) is 0.836. The van der Waals surface area contributed by atoms with Crippen molar-refractivity contribution in [2.24, 2.45) is 4.99 Å². The Bertz CT molecular complexity index is 463. The molecule has 0 bridgehead atoms. The zero-order chi connectivity index (χ0) is 14.6. The van der Waals surface area contributed by atoms with Gasteiger partial charge in [0.25, 0.3) is 0 Å². The normalized spacial score (nSPS) is 18.6. The predicted octanol–water partition coefficient (Wildman–Crippen LogP) is 2.95. The van der Waals surface area contributed by atoms with Gasteiger partial charge in [0, 0.05) is 6.07 Å². The molecular weight excluding hydrogens is 258 g/mol. The fourth-order valence-electron chi connectivity index (χ4n) is 1.91. The first-order valence-corrected chi connectivity index (χ1v) is 6.72. The van der Waals surface area contributed by atoms with Gasteiger partial charge in [-0.25, -0.2) is 0 Å². The molecule has 0 aromatic heterocycles. The van der Waals surface area contributed by atoms with Crippen molar-refractivity contribution in [2.45, 2.75) is 32.7 Å². The van der Waals surface area contributed by atoms with E-state index in [9.17, 15) is 0 Å². The Morgan fingerprint density at radius 1 is 1.35 bits per heavy atom. The molecule has 0 atom stereocenters. The average Bonchev–Trinajstić information content (AvgIpc) is 2.42. The largest absolute Gasteiger partial charge is 0.491 e. The molecule has 0 N–H and O–H groups in total. The molecule has 2 rings (SSSR count). The molecule has 0 aliphatic carbocycles. The highest BCUT2D eigenvalue weighted by Gasteiger charge is 2.29. The van der Waals surface area contributed by atoms with Crippen molar-refractivity contribution in [2.75, 3.05) is 19.8 Å². The van der Waals surface area contributed by atoms with Crippen LogP contribution in [0.1, 0.15) is 20.8 Å². The third-order valence-electron chi connectivity index (χ3n) is 2.94. The summed E-state index contributed by atoms with van der Waals surface area (Å²) in [7, 11) is 0. The van der Waals surface area contributed by atoms with Crippen molar-refractivity contribution in [1.29, 1.82) is 0 Å². The zero-order valence-electron chi connectivity index (χ0n) is 12.2. The predicted molar refractivity (Wildman–Crippen MR) is 77.2 cm³/mol. The molecule has 1 fully saturated rings. The van der Waals surface area contributed by atoms with Gasteiger partial charge < -0.3 is 18.9 Å². The maximum absolute atomic E-state index is 5.84. The summed E-state index contributed by atoms with van der Waals surface area (Å²) in [6, 6.07) is 5.47. The Kier molecular flexibility index (Phi) is 4.62. The first-order valence-electron chi connectivity index (χ1n) is 6.72. The third-order valence-corrected chi connectivity index (χ3v) is 2.94. The quantitative estimate of drug-likeness (QED) is 0.778. The molecule has 1 heterocycles. The number of aliphatic imine (C=N–C) groups is 1. The zero-order valence-corrected chi connectivity index (χ0v) is 12.2. The topological polar surface area (TPSA) is 49.3 Å². The van der Waals surface area contributed by atoms with E-state index in [1.54, 1.807) is 0 Å². The summed E-state index contributed by atoms with van der Waals surface area (Å²) < 4.78 is 22.5. The van der Waals surface area contributed by atoms with Crippen molar-refractivity contribution in [3.05, 3.63) is 18.2 Å². The van der Waals surface area contributed by atoms with Crippen LogP contribution in [-0.2, 0) is 9.47 Å². The maximum atomic E-state index is 5.84. The molecule has 5 nitrogen and oxygen atoms in total. The van der Waals surface area contributed by atoms with Gasteiger partial charge in [0.15, 0.2) is 5.79 Å². The van der Waals surface area contributed by atoms with Gasteiger partial charge in [-0.15, -0.1) is 0 Å². The number of hydrogen-bond donors (Lipinski definition) is 0. The molecule has 110 valence electrons. The molecule has 1 aromatic carbocycles. The number of hydrogen-bond acceptors (Lipinski definition) is 5. The van der Waals surface area contributed by atoms with E-state index in [1.165, 1.54) is 0 Å². The van der Waals surface area contributed by atoms with Crippen LogP contribution >= 0.6 is 0 Å². The summed E-state index contributed by atoms with van der Waals surface area (Å²) in [6.07, 6.45) is -0.125. The summed E-state index contributed by atoms with van der Waals surface area (Å²) >= 11 is 0. The van der Waals surface area contributed by atoms with Crippen LogP contribution in [0.3, 0.4) is 0 Å². The second-order valence-corrected chi connectivity index (χ2v) is 4.98. The average molecular weight is 279 g/mol. The third kappa shape index (κ3) is 3.71. The van der Waals surface area contributed by atoms with Gasteiger partial charge in [-0.05, 0) is 39.6 Å². The first-order chi connectivity index (χ1) is 9.54. The Hall–Kier alpha value is -1.59. The fraction of sp³-hybridized carbons (Fsp3) is 0.533. The van der Waals surface area contributed by atoms with Crippen LogP contribution in [0.2, 0.25) is 0 Å². The lowest BCUT2D eigenvalue weighted by atomic mass is 10.2. The molecule has 0 unspecified atom stereocenters. The Labute approximate surface area is 119 Å². The summed E-state index contributed by atoms with van der Waals surface area (Å²) in [4.78, 5) is 3.92. The van der Waals surface area contributed by atoms with E-state index in [1.807, 2.05) is 39.0 Å². The van der Waals surface area contributed by atoms with E-state index in [-0.39, 0.29) is 6.10 Å². The van der Waals surface area contributed by atoms with Crippen molar-refractivity contribution in [3.63, 3.8) is 0 Å². The SMILES string of the molecule is C=Nc1ccc(OC2COC(C)(C)OC2)cc1OCC. The van der Waals surface area contributed by atoms with E-state index in [4.69, 9.17) is 18.9 Å². The van der Waals surface area contributed by atoms with Gasteiger partial charge in [-0.1, -0.05) is 0 Å². The van der Waals surface area contributed by atoms with Crippen LogP contribution in [0.4, 0.5) is 5.69 Å². The van der Waals surface area contributed by atoms with E-state index >= 15 is 0 Å². The highest BCUT2D eigenvalue weighted by atomic mass is 16.7. The summed E-state index contributed by atoms with van der Waals surface area (Å²) in [5.41, 5.74) is 0.705. The van der Waals surface area contributed by atoms with E-state index in [0.717, 1.165) is 0 Å². The molecule has 0 amide bonds. The fourth-order valence-corrected chi connectivity index (χ4v) is 1.91. The van der Waals surface area contributed by atoms with Gasteiger partial charge in [0.1, 0.15) is 23.3 Å². The second-order valence-electron chi connectivity index (χ2n) is 4.98. The minimum absolute atomic E-state index is 0.125. The van der Waals surface area contributed by atoms with Crippen LogP contribution in [0.5, 0.6) is 11.5 Å². The lowest BCUT2D eigenvalue weighted by Crippen LogP contribution is -2.44. The molecule has 1 saturated heterocycles. The number of ether oxygens (including phenoxy) is 4. The van der Waals surface area contributed by atoms with E-state index in [2.05, 4.69) is 11.7 Å². The molecule has 0 radical (unpaired) electrons. The van der Waals surface area contributed by atoms with Crippen LogP contribution in [-0.4, -0.2) is 38.4 Å². The smallest absolute Gasteiger partial charge is 0.163 e. The first kappa shape index (κ1) is 14.8. The lowest BCUT2D eigenvalue weighted by Gasteiger charge is -2.34. The highest BCUT2D eigenvalue weighted by molar-refractivity contribution is 5.58. The van der Waals surface area contributed by atoms with Gasteiger partial charge in [-0.2, -0.15) is 0 Å². The summed E-state index contributed by atoms with van der Waals surface area (Å²) in [6.45, 7) is 10.8. The lowest BCUT2D eigenvalue weighted by molar-refractivity contribution is -0.268. The molecule has 20 heavy (non-hydrogen) atoms. The highest BCUT2D eigenvalue weighted by Crippen LogP contribution is 2.32. The summed E-state index contributed by atoms with van der Waals surface area (Å²) in [5, 5.41) is 0. The number of rotatable bonds is 5. The number of nitrogens with zero attached hydrogens (tertiary/aromatic N) is 1. The minimum atomic E-state index is -0.535. The van der Waals surface area contributed by atoms with Gasteiger partial charge in [0.05, 0.1) is 19.8 Å². The van der Waals surface area contributed by atoms with Crippen molar-refractivity contribution in [3.8, 4) is 11.5 Å². The maximum Gasteiger partial charge on any atom is 0.163 e. The van der Waals surface area contributed by atoms with Crippen LogP contribution in [0.15, 0.2) is 23.2 Å². The van der Waals surface area contributed by atoms with Crippen LogP contribution in [0.25, 0.3) is 0 Å². The second kappa shape index (κ2) is 6.24. The van der Waals surface area contributed by atoms with Crippen LogP contribution < -0.4 is 9.47 Å². The molecule has 0 spiro atoms. The van der Waals surface area contributed by atoms with Crippen molar-refractivity contribution >= 4 is 12.4 Å². The van der Waals surface area contributed by atoms with E-state index < -0.39 is 5.79 Å². The Morgan fingerprint density at radius 2 is 2.05 bits per heavy atom. The molecule has 1 aliphatic rings. The van der Waals surface area contributed by atoms with Gasteiger partial charge in [0.2, 0.25) is 0 Å². The number of benzene rings is 1.